The number of aromatic carboxylic acids is 1. The Balaban J connectivity index is 2.07. The number of para-hydroxylation sites is 1. The molecule has 0 saturated carbocycles. The van der Waals surface area contributed by atoms with Crippen molar-refractivity contribution in [3.05, 3.63) is 29.6 Å². The van der Waals surface area contributed by atoms with Gasteiger partial charge >= 0.3 is 5.97 Å². The number of fused-ring (bicyclic) bond motifs is 1. The highest BCUT2D eigenvalue weighted by Gasteiger charge is 2.21. The molecule has 1 unspecified atom stereocenters. The van der Waals surface area contributed by atoms with Crippen LogP contribution in [0.3, 0.4) is 0 Å². The van der Waals surface area contributed by atoms with E-state index in [1.807, 2.05) is 6.07 Å². The molecule has 1 fully saturated rings. The number of hydrogen-bond donors (Lipinski definition) is 1. The van der Waals surface area contributed by atoms with Gasteiger partial charge in [-0.3, -0.25) is 0 Å². The molecule has 1 aromatic heterocycles. The standard InChI is InChI=1S/C16H20N2O3/c1-2-14-17-13-7-3-6-12(16(19)20)15(13)18(14)9-11-5-4-8-21-10-11/h3,6-7,11H,2,4-5,8-10H2,1H3,(H,19,20). The number of ether oxygens (including phenoxy) is 1. The van der Waals surface area contributed by atoms with E-state index >= 15 is 0 Å². The monoisotopic (exact) mass is 288 g/mol. The first-order chi connectivity index (χ1) is 10.2. The maximum absolute atomic E-state index is 11.5. The summed E-state index contributed by atoms with van der Waals surface area (Å²) in [7, 11) is 0. The second-order valence-electron chi connectivity index (χ2n) is 5.55. The van der Waals surface area contributed by atoms with Gasteiger partial charge in [0.1, 0.15) is 5.82 Å². The smallest absolute Gasteiger partial charge is 0.337 e. The average molecular weight is 288 g/mol. The molecule has 2 aromatic rings. The molecule has 112 valence electrons. The Labute approximate surface area is 123 Å². The lowest BCUT2D eigenvalue weighted by atomic mass is 10.0. The lowest BCUT2D eigenvalue weighted by Crippen LogP contribution is -2.23. The molecule has 21 heavy (non-hydrogen) atoms. The van der Waals surface area contributed by atoms with Crippen molar-refractivity contribution in [1.29, 1.82) is 0 Å². The van der Waals surface area contributed by atoms with E-state index < -0.39 is 5.97 Å². The van der Waals surface area contributed by atoms with Crippen LogP contribution in [0.2, 0.25) is 0 Å². The summed E-state index contributed by atoms with van der Waals surface area (Å²) in [6.07, 6.45) is 2.99. The Bertz CT molecular complexity index is 657. The SMILES string of the molecule is CCc1nc2cccc(C(=O)O)c2n1CC1CCCOC1. The number of hydrogen-bond acceptors (Lipinski definition) is 3. The largest absolute Gasteiger partial charge is 0.478 e. The van der Waals surface area contributed by atoms with Gasteiger partial charge in [0.2, 0.25) is 0 Å². The van der Waals surface area contributed by atoms with Crippen molar-refractivity contribution in [2.24, 2.45) is 5.92 Å². The number of carboxylic acid groups (broad SMARTS) is 1. The summed E-state index contributed by atoms with van der Waals surface area (Å²) in [6, 6.07) is 5.29. The number of rotatable bonds is 4. The first kappa shape index (κ1) is 14.1. The summed E-state index contributed by atoms with van der Waals surface area (Å²) >= 11 is 0. The number of imidazole rings is 1. The zero-order chi connectivity index (χ0) is 14.8. The lowest BCUT2D eigenvalue weighted by Gasteiger charge is -2.23. The summed E-state index contributed by atoms with van der Waals surface area (Å²) in [6.45, 7) is 4.42. The van der Waals surface area contributed by atoms with Gasteiger partial charge in [-0.2, -0.15) is 0 Å². The molecule has 2 heterocycles. The fraction of sp³-hybridized carbons (Fsp3) is 0.500. The Morgan fingerprint density at radius 2 is 2.38 bits per heavy atom. The molecule has 0 aliphatic carbocycles. The number of aryl methyl sites for hydroxylation is 1. The van der Waals surface area contributed by atoms with E-state index in [0.717, 1.165) is 55.9 Å². The van der Waals surface area contributed by atoms with Crippen molar-refractivity contribution >= 4 is 17.0 Å². The van der Waals surface area contributed by atoms with E-state index in [4.69, 9.17) is 4.74 Å². The minimum absolute atomic E-state index is 0.330. The molecular formula is C16H20N2O3. The zero-order valence-corrected chi connectivity index (χ0v) is 12.2. The molecule has 3 rings (SSSR count). The third-order valence-corrected chi connectivity index (χ3v) is 4.09. The molecule has 1 aliphatic heterocycles. The van der Waals surface area contributed by atoms with Crippen LogP contribution in [0.5, 0.6) is 0 Å². The second-order valence-corrected chi connectivity index (χ2v) is 5.55. The van der Waals surface area contributed by atoms with Crippen molar-refractivity contribution in [1.82, 2.24) is 9.55 Å². The molecular weight excluding hydrogens is 268 g/mol. The molecule has 5 nitrogen and oxygen atoms in total. The quantitative estimate of drug-likeness (QED) is 0.939. The predicted molar refractivity (Wildman–Crippen MR) is 79.6 cm³/mol. The van der Waals surface area contributed by atoms with Crippen LogP contribution >= 0.6 is 0 Å². The van der Waals surface area contributed by atoms with Crippen LogP contribution in [0.1, 0.15) is 35.9 Å². The van der Waals surface area contributed by atoms with Crippen LogP contribution in [0, 0.1) is 5.92 Å². The fourth-order valence-corrected chi connectivity index (χ4v) is 3.08. The summed E-state index contributed by atoms with van der Waals surface area (Å²) in [5.74, 6) is 0.483. The third kappa shape index (κ3) is 2.65. The maximum atomic E-state index is 11.5. The highest BCUT2D eigenvalue weighted by molar-refractivity contribution is 6.01. The second kappa shape index (κ2) is 5.85. The van der Waals surface area contributed by atoms with Crippen molar-refractivity contribution in [3.8, 4) is 0 Å². The van der Waals surface area contributed by atoms with Crippen LogP contribution in [-0.2, 0) is 17.7 Å². The lowest BCUT2D eigenvalue weighted by molar-refractivity contribution is 0.0485. The van der Waals surface area contributed by atoms with Gasteiger partial charge in [-0.25, -0.2) is 9.78 Å². The molecule has 0 bridgehead atoms. The molecule has 1 atom stereocenters. The van der Waals surface area contributed by atoms with E-state index in [2.05, 4.69) is 16.5 Å². The van der Waals surface area contributed by atoms with Crippen molar-refractivity contribution in [2.45, 2.75) is 32.7 Å². The van der Waals surface area contributed by atoms with E-state index in [0.29, 0.717) is 11.5 Å². The summed E-state index contributed by atoms with van der Waals surface area (Å²) in [5.41, 5.74) is 1.84. The molecule has 1 aromatic carbocycles. The molecule has 0 amide bonds. The Hall–Kier alpha value is -1.88. The minimum Gasteiger partial charge on any atom is -0.478 e. The van der Waals surface area contributed by atoms with Crippen molar-refractivity contribution < 1.29 is 14.6 Å². The highest BCUT2D eigenvalue weighted by atomic mass is 16.5. The predicted octanol–water partition coefficient (Wildman–Crippen LogP) is 2.72. The Morgan fingerprint density at radius 3 is 3.05 bits per heavy atom. The van der Waals surface area contributed by atoms with Gasteiger partial charge in [0.05, 0.1) is 23.2 Å². The summed E-state index contributed by atoms with van der Waals surface area (Å²) in [5, 5.41) is 9.43. The van der Waals surface area contributed by atoms with Crippen LogP contribution in [0.25, 0.3) is 11.0 Å². The van der Waals surface area contributed by atoms with Crippen LogP contribution in [0.4, 0.5) is 0 Å². The maximum Gasteiger partial charge on any atom is 0.337 e. The number of aromatic nitrogens is 2. The number of nitrogens with zero attached hydrogens (tertiary/aromatic N) is 2. The Kier molecular flexibility index (Phi) is 3.92. The fourth-order valence-electron chi connectivity index (χ4n) is 3.08. The van der Waals surface area contributed by atoms with Gasteiger partial charge in [-0.15, -0.1) is 0 Å². The van der Waals surface area contributed by atoms with E-state index in [-0.39, 0.29) is 0 Å². The van der Waals surface area contributed by atoms with E-state index in [1.165, 1.54) is 0 Å². The molecule has 1 aliphatic rings. The van der Waals surface area contributed by atoms with Gasteiger partial charge in [-0.05, 0) is 25.0 Å². The van der Waals surface area contributed by atoms with Gasteiger partial charge in [0.15, 0.2) is 0 Å². The van der Waals surface area contributed by atoms with E-state index in [1.54, 1.807) is 12.1 Å². The van der Waals surface area contributed by atoms with Gasteiger partial charge < -0.3 is 14.4 Å². The first-order valence-electron chi connectivity index (χ1n) is 7.50. The van der Waals surface area contributed by atoms with Crippen LogP contribution in [-0.4, -0.2) is 33.8 Å². The average Bonchev–Trinajstić information content (AvgIpc) is 2.86. The number of benzene rings is 1. The number of carbonyl (C=O) groups is 1. The van der Waals surface area contributed by atoms with Gasteiger partial charge in [0, 0.05) is 25.5 Å². The van der Waals surface area contributed by atoms with Gasteiger partial charge in [-0.1, -0.05) is 13.0 Å². The van der Waals surface area contributed by atoms with Gasteiger partial charge in [0.25, 0.3) is 0 Å². The Morgan fingerprint density at radius 1 is 1.52 bits per heavy atom. The molecule has 0 spiro atoms. The third-order valence-electron chi connectivity index (χ3n) is 4.09. The highest BCUT2D eigenvalue weighted by Crippen LogP contribution is 2.25. The minimum atomic E-state index is -0.899. The molecule has 0 radical (unpaired) electrons. The molecule has 1 saturated heterocycles. The zero-order valence-electron chi connectivity index (χ0n) is 12.2. The van der Waals surface area contributed by atoms with Crippen LogP contribution < -0.4 is 0 Å². The first-order valence-corrected chi connectivity index (χ1v) is 7.50. The van der Waals surface area contributed by atoms with Crippen molar-refractivity contribution in [2.75, 3.05) is 13.2 Å². The summed E-state index contributed by atoms with van der Waals surface area (Å²) in [4.78, 5) is 16.1. The van der Waals surface area contributed by atoms with Crippen LogP contribution in [0.15, 0.2) is 18.2 Å². The normalized spacial score (nSPS) is 19.0. The molecule has 1 N–H and O–H groups in total. The van der Waals surface area contributed by atoms with E-state index in [9.17, 15) is 9.90 Å². The van der Waals surface area contributed by atoms with Crippen molar-refractivity contribution in [3.63, 3.8) is 0 Å². The topological polar surface area (TPSA) is 64.3 Å². The summed E-state index contributed by atoms with van der Waals surface area (Å²) < 4.78 is 7.63. The number of carboxylic acids is 1. The molecule has 5 heteroatoms.